The van der Waals surface area contributed by atoms with Crippen molar-refractivity contribution in [2.24, 2.45) is 5.92 Å². The van der Waals surface area contributed by atoms with Gasteiger partial charge in [0.25, 0.3) is 5.91 Å². The van der Waals surface area contributed by atoms with Crippen molar-refractivity contribution in [1.82, 2.24) is 24.8 Å². The summed E-state index contributed by atoms with van der Waals surface area (Å²) in [6, 6.07) is 8.14. The molecule has 5 rings (SSSR count). The second-order valence-electron chi connectivity index (χ2n) is 11.3. The van der Waals surface area contributed by atoms with Gasteiger partial charge in [-0.1, -0.05) is 31.2 Å². The Bertz CT molecular complexity index is 1470. The maximum absolute atomic E-state index is 12.7. The maximum atomic E-state index is 12.7. The molecule has 0 bridgehead atoms. The van der Waals surface area contributed by atoms with E-state index < -0.39 is 0 Å². The number of aryl methyl sites for hydroxylation is 1. The van der Waals surface area contributed by atoms with E-state index in [0.717, 1.165) is 72.6 Å². The minimum Gasteiger partial charge on any atom is -0.438 e. The van der Waals surface area contributed by atoms with Crippen LogP contribution in [0.1, 0.15) is 61.9 Å². The van der Waals surface area contributed by atoms with Gasteiger partial charge >= 0.3 is 0 Å². The van der Waals surface area contributed by atoms with Crippen LogP contribution in [-0.2, 0) is 0 Å². The van der Waals surface area contributed by atoms with Crippen LogP contribution in [-0.4, -0.2) is 58.1 Å². The van der Waals surface area contributed by atoms with E-state index in [2.05, 4.69) is 36.1 Å². The first-order chi connectivity index (χ1) is 19.8. The number of ether oxygens (including phenoxy) is 1. The lowest BCUT2D eigenvalue weighted by Crippen LogP contribution is -2.33. The number of rotatable bonds is 11. The van der Waals surface area contributed by atoms with E-state index in [-0.39, 0.29) is 5.91 Å². The summed E-state index contributed by atoms with van der Waals surface area (Å²) in [5.74, 6) is 1.73. The minimum atomic E-state index is -0.0131. The molecule has 1 saturated heterocycles. The highest BCUT2D eigenvalue weighted by atomic mass is 16.5. The fraction of sp³-hybridized carbons (Fsp3) is 0.424. The molecule has 0 atom stereocenters. The van der Waals surface area contributed by atoms with Crippen molar-refractivity contribution in [3.8, 4) is 17.1 Å². The molecule has 1 amide bonds. The highest BCUT2D eigenvalue weighted by Crippen LogP contribution is 2.30. The lowest BCUT2D eigenvalue weighted by molar-refractivity contribution is 0.0950. The number of aromatic nitrogens is 3. The summed E-state index contributed by atoms with van der Waals surface area (Å²) in [7, 11) is 2.18. The summed E-state index contributed by atoms with van der Waals surface area (Å²) in [5, 5.41) is 11.6. The fourth-order valence-electron chi connectivity index (χ4n) is 5.11. The average Bonchev–Trinajstić information content (AvgIpc) is 3.67. The maximum Gasteiger partial charge on any atom is 0.251 e. The van der Waals surface area contributed by atoms with Gasteiger partial charge in [0.05, 0.1) is 17.6 Å². The molecule has 3 aromatic rings. The zero-order valence-corrected chi connectivity index (χ0v) is 24.7. The Morgan fingerprint density at radius 3 is 2.66 bits per heavy atom. The quantitative estimate of drug-likeness (QED) is 0.218. The summed E-state index contributed by atoms with van der Waals surface area (Å²) in [5.41, 5.74) is 5.98. The van der Waals surface area contributed by atoms with E-state index in [1.807, 2.05) is 67.1 Å². The number of carbonyl (C=O) groups is 1. The van der Waals surface area contributed by atoms with Gasteiger partial charge in [0, 0.05) is 29.8 Å². The predicted octanol–water partition coefficient (Wildman–Crippen LogP) is 6.16. The second kappa shape index (κ2) is 12.7. The van der Waals surface area contributed by atoms with Crippen LogP contribution in [0.25, 0.3) is 16.9 Å². The molecule has 8 heteroatoms. The molecule has 0 spiro atoms. The van der Waals surface area contributed by atoms with Crippen molar-refractivity contribution < 1.29 is 9.53 Å². The molecule has 1 aliphatic heterocycles. The standard InChI is InChI=1S/C33H42N6O2/c1-6-8-27(17-22(3)7-2)41-31-19-29(34-20-24-13-15-38(5)16-14-24)32-35-21-30(39(32)37-31)25-9-12-28(23(4)18-25)33(40)36-26-10-11-26/h6,8-9,12,17-19,21,24,26,34H,3,7,10-11,13-16,20H2,1-2,4-5H3,(H,36,40). The van der Waals surface area contributed by atoms with E-state index in [4.69, 9.17) is 14.8 Å². The minimum absolute atomic E-state index is 0.0131. The van der Waals surface area contributed by atoms with E-state index in [1.165, 1.54) is 12.8 Å². The molecule has 2 fully saturated rings. The van der Waals surface area contributed by atoms with E-state index in [9.17, 15) is 4.79 Å². The van der Waals surface area contributed by atoms with Crippen molar-refractivity contribution >= 4 is 17.2 Å². The average molecular weight is 555 g/mol. The van der Waals surface area contributed by atoms with Crippen LogP contribution in [0.2, 0.25) is 0 Å². The number of fused-ring (bicyclic) bond motifs is 1. The molecular weight excluding hydrogens is 512 g/mol. The Hall–Kier alpha value is -3.91. The summed E-state index contributed by atoms with van der Waals surface area (Å²) < 4.78 is 8.15. The van der Waals surface area contributed by atoms with Crippen LogP contribution in [0.5, 0.6) is 5.88 Å². The molecule has 0 unspecified atom stereocenters. The molecule has 1 aromatic carbocycles. The Morgan fingerprint density at radius 1 is 1.20 bits per heavy atom. The van der Waals surface area contributed by atoms with E-state index in [0.29, 0.717) is 29.2 Å². The Kier molecular flexibility index (Phi) is 8.88. The summed E-state index contributed by atoms with van der Waals surface area (Å²) in [4.78, 5) is 19.9. The van der Waals surface area contributed by atoms with E-state index in [1.54, 1.807) is 0 Å². The molecule has 3 heterocycles. The molecule has 8 nitrogen and oxygen atoms in total. The Labute approximate surface area is 243 Å². The monoisotopic (exact) mass is 554 g/mol. The molecule has 1 aliphatic carbocycles. The fourth-order valence-corrected chi connectivity index (χ4v) is 5.11. The third kappa shape index (κ3) is 7.06. The van der Waals surface area contributed by atoms with Gasteiger partial charge in [0.2, 0.25) is 5.88 Å². The van der Waals surface area contributed by atoms with Gasteiger partial charge < -0.3 is 20.3 Å². The van der Waals surface area contributed by atoms with Gasteiger partial charge in [-0.2, -0.15) is 0 Å². The topological polar surface area (TPSA) is 83.8 Å². The van der Waals surface area contributed by atoms with Crippen molar-refractivity contribution in [2.45, 2.75) is 58.9 Å². The molecular formula is C33H42N6O2. The number of nitrogens with zero attached hydrogens (tertiary/aromatic N) is 4. The number of amides is 1. The lowest BCUT2D eigenvalue weighted by atomic mass is 9.97. The molecule has 2 aliphatic rings. The largest absolute Gasteiger partial charge is 0.438 e. The number of anilines is 1. The third-order valence-corrected chi connectivity index (χ3v) is 7.90. The SMILES string of the molecule is C=C(C=C(C=CC)Oc1cc(NCC2CCN(C)CC2)c2ncc(-c3ccc(C(=O)NC4CC4)c(C)c3)n2n1)CC. The van der Waals surface area contributed by atoms with Crippen molar-refractivity contribution in [1.29, 1.82) is 0 Å². The van der Waals surface area contributed by atoms with Gasteiger partial charge in [-0.25, -0.2) is 9.50 Å². The molecule has 2 N–H and O–H groups in total. The van der Waals surface area contributed by atoms with Crippen LogP contribution in [0.4, 0.5) is 5.69 Å². The smallest absolute Gasteiger partial charge is 0.251 e. The first-order valence-corrected chi connectivity index (χ1v) is 14.8. The van der Waals surface area contributed by atoms with Crippen LogP contribution < -0.4 is 15.4 Å². The Balaban J connectivity index is 1.49. The normalized spacial score (nSPS) is 16.8. The van der Waals surface area contributed by atoms with E-state index >= 15 is 0 Å². The number of imidazole rings is 1. The van der Waals surface area contributed by atoms with Crippen molar-refractivity contribution in [2.75, 3.05) is 32.0 Å². The number of allylic oxidation sites excluding steroid dienone is 4. The highest BCUT2D eigenvalue weighted by Gasteiger charge is 2.25. The zero-order chi connectivity index (χ0) is 28.9. The molecule has 216 valence electrons. The lowest BCUT2D eigenvalue weighted by Gasteiger charge is -2.29. The van der Waals surface area contributed by atoms with Gasteiger partial charge in [-0.3, -0.25) is 4.79 Å². The first kappa shape index (κ1) is 28.6. The van der Waals surface area contributed by atoms with Gasteiger partial charge in [0.1, 0.15) is 5.76 Å². The molecule has 41 heavy (non-hydrogen) atoms. The predicted molar refractivity (Wildman–Crippen MR) is 165 cm³/mol. The van der Waals surface area contributed by atoms with Crippen LogP contribution in [0.15, 0.2) is 66.6 Å². The van der Waals surface area contributed by atoms with Gasteiger partial charge in [0.15, 0.2) is 5.65 Å². The number of nitrogens with one attached hydrogen (secondary N) is 2. The summed E-state index contributed by atoms with van der Waals surface area (Å²) in [6.07, 6.45) is 12.9. The highest BCUT2D eigenvalue weighted by molar-refractivity contribution is 5.96. The summed E-state index contributed by atoms with van der Waals surface area (Å²) >= 11 is 0. The number of piperidine rings is 1. The number of hydrogen-bond acceptors (Lipinski definition) is 6. The number of likely N-dealkylation sites (tertiary alicyclic amines) is 1. The molecule has 0 radical (unpaired) electrons. The van der Waals surface area contributed by atoms with Crippen molar-refractivity contribution in [3.63, 3.8) is 0 Å². The number of carbonyl (C=O) groups excluding carboxylic acids is 1. The first-order valence-electron chi connectivity index (χ1n) is 14.8. The van der Waals surface area contributed by atoms with Crippen LogP contribution in [0, 0.1) is 12.8 Å². The molecule has 1 saturated carbocycles. The molecule has 2 aromatic heterocycles. The van der Waals surface area contributed by atoms with Crippen LogP contribution >= 0.6 is 0 Å². The second-order valence-corrected chi connectivity index (χ2v) is 11.3. The van der Waals surface area contributed by atoms with Crippen molar-refractivity contribution in [3.05, 3.63) is 77.7 Å². The third-order valence-electron chi connectivity index (χ3n) is 7.90. The number of hydrogen-bond donors (Lipinski definition) is 2. The summed E-state index contributed by atoms with van der Waals surface area (Å²) in [6.45, 7) is 13.2. The number of benzene rings is 1. The van der Waals surface area contributed by atoms with Crippen LogP contribution in [0.3, 0.4) is 0 Å². The Morgan fingerprint density at radius 2 is 1.98 bits per heavy atom. The zero-order valence-electron chi connectivity index (χ0n) is 24.7. The van der Waals surface area contributed by atoms with Gasteiger partial charge in [-0.15, -0.1) is 5.10 Å². The van der Waals surface area contributed by atoms with Gasteiger partial charge in [-0.05, 0) is 102 Å².